The first kappa shape index (κ1) is 20.9. The molecule has 1 aliphatic carbocycles. The van der Waals surface area contributed by atoms with Gasteiger partial charge in [-0.25, -0.2) is 9.18 Å². The van der Waals surface area contributed by atoms with Crippen LogP contribution in [0.15, 0.2) is 18.2 Å². The summed E-state index contributed by atoms with van der Waals surface area (Å²) in [5, 5.41) is 14.3. The number of hydrogen-bond donors (Lipinski definition) is 3. The molecular formula is C18H26FN3O5. The van der Waals surface area contributed by atoms with Crippen molar-refractivity contribution in [3.63, 3.8) is 0 Å². The Balaban J connectivity index is 1.76. The minimum atomic E-state index is -0.859. The third-order valence-corrected chi connectivity index (χ3v) is 4.44. The van der Waals surface area contributed by atoms with Crippen LogP contribution in [0.2, 0.25) is 0 Å². The van der Waals surface area contributed by atoms with E-state index in [1.165, 1.54) is 19.2 Å². The average Bonchev–Trinajstić information content (AvgIpc) is 2.58. The number of anilines is 1. The Bertz CT molecular complexity index is 652. The minimum Gasteiger partial charge on any atom is -0.488 e. The molecule has 8 nitrogen and oxygen atoms in total. The third-order valence-electron chi connectivity index (χ3n) is 4.44. The lowest BCUT2D eigenvalue weighted by Crippen LogP contribution is -2.55. The van der Waals surface area contributed by atoms with Gasteiger partial charge in [0.1, 0.15) is 6.61 Å². The van der Waals surface area contributed by atoms with Gasteiger partial charge in [-0.1, -0.05) is 6.92 Å². The van der Waals surface area contributed by atoms with E-state index in [0.717, 1.165) is 0 Å². The Morgan fingerprint density at radius 1 is 1.33 bits per heavy atom. The van der Waals surface area contributed by atoms with Crippen molar-refractivity contribution in [1.29, 1.82) is 0 Å². The Hall–Kier alpha value is -2.39. The number of amides is 2. The summed E-state index contributed by atoms with van der Waals surface area (Å²) in [5.74, 6) is -1.33. The van der Waals surface area contributed by atoms with Crippen molar-refractivity contribution in [3.05, 3.63) is 24.0 Å². The van der Waals surface area contributed by atoms with Crippen LogP contribution in [0.1, 0.15) is 19.8 Å². The van der Waals surface area contributed by atoms with Crippen LogP contribution in [-0.4, -0.2) is 67.5 Å². The van der Waals surface area contributed by atoms with Gasteiger partial charge in [-0.15, -0.1) is 0 Å². The maximum Gasteiger partial charge on any atom is 0.319 e. The molecule has 0 unspecified atom stereocenters. The number of hydrogen-bond acceptors (Lipinski definition) is 5. The predicted molar refractivity (Wildman–Crippen MR) is 97.6 cm³/mol. The third kappa shape index (κ3) is 6.37. The van der Waals surface area contributed by atoms with Crippen molar-refractivity contribution >= 4 is 17.7 Å². The number of urea groups is 1. The quantitative estimate of drug-likeness (QED) is 0.534. The summed E-state index contributed by atoms with van der Waals surface area (Å²) in [5.41, 5.74) is 0.320. The van der Waals surface area contributed by atoms with Gasteiger partial charge in [-0.05, 0) is 31.5 Å². The van der Waals surface area contributed by atoms with Crippen LogP contribution in [0.3, 0.4) is 0 Å². The van der Waals surface area contributed by atoms with Gasteiger partial charge in [-0.3, -0.25) is 9.69 Å². The highest BCUT2D eigenvalue weighted by Gasteiger charge is 2.34. The monoisotopic (exact) mass is 383 g/mol. The number of carboxylic acids is 1. The standard InChI is InChI=1S/C18H26FN3O5/c1-3-22(11-17(23)24)14-8-13(9-14)21-18(25)20-12-4-5-16(15(19)10-12)27-7-6-26-2/h4-5,10,13-14H,3,6-9,11H2,1-2H3,(H,23,24)(H2,20,21,25). The zero-order valence-corrected chi connectivity index (χ0v) is 15.5. The van der Waals surface area contributed by atoms with Gasteiger partial charge in [0, 0.05) is 30.9 Å². The molecule has 3 N–H and O–H groups in total. The lowest BCUT2D eigenvalue weighted by molar-refractivity contribution is -0.139. The number of nitrogens with one attached hydrogen (secondary N) is 2. The molecule has 0 heterocycles. The van der Waals surface area contributed by atoms with Gasteiger partial charge in [0.2, 0.25) is 0 Å². The lowest BCUT2D eigenvalue weighted by Gasteiger charge is -2.42. The highest BCUT2D eigenvalue weighted by atomic mass is 19.1. The number of carbonyl (C=O) groups is 2. The van der Waals surface area contributed by atoms with Gasteiger partial charge >= 0.3 is 12.0 Å². The molecule has 1 aliphatic rings. The molecule has 9 heteroatoms. The van der Waals surface area contributed by atoms with Crippen LogP contribution < -0.4 is 15.4 Å². The van der Waals surface area contributed by atoms with Crippen molar-refractivity contribution in [2.24, 2.45) is 0 Å². The molecule has 1 aromatic carbocycles. The normalized spacial score (nSPS) is 18.7. The molecule has 1 saturated carbocycles. The first-order valence-electron chi connectivity index (χ1n) is 8.87. The van der Waals surface area contributed by atoms with Crippen LogP contribution in [0, 0.1) is 5.82 Å². The molecule has 2 rings (SSSR count). The summed E-state index contributed by atoms with van der Waals surface area (Å²) in [6.07, 6.45) is 1.38. The molecule has 0 aromatic heterocycles. The first-order valence-corrected chi connectivity index (χ1v) is 8.87. The van der Waals surface area contributed by atoms with E-state index in [1.54, 1.807) is 6.07 Å². The second-order valence-corrected chi connectivity index (χ2v) is 6.36. The van der Waals surface area contributed by atoms with E-state index in [4.69, 9.17) is 14.6 Å². The highest BCUT2D eigenvalue weighted by Crippen LogP contribution is 2.26. The van der Waals surface area contributed by atoms with Crippen LogP contribution in [0.25, 0.3) is 0 Å². The van der Waals surface area contributed by atoms with E-state index >= 15 is 0 Å². The Labute approximate surface area is 157 Å². The fourth-order valence-electron chi connectivity index (χ4n) is 2.96. The largest absolute Gasteiger partial charge is 0.488 e. The number of likely N-dealkylation sites (N-methyl/N-ethyl adjacent to an activating group) is 1. The van der Waals surface area contributed by atoms with Crippen molar-refractivity contribution in [2.45, 2.75) is 31.8 Å². The molecule has 0 radical (unpaired) electrons. The van der Waals surface area contributed by atoms with Crippen LogP contribution >= 0.6 is 0 Å². The molecule has 0 saturated heterocycles. The van der Waals surface area contributed by atoms with Gasteiger partial charge in [0.25, 0.3) is 0 Å². The molecule has 0 bridgehead atoms. The van der Waals surface area contributed by atoms with Gasteiger partial charge in [-0.2, -0.15) is 0 Å². The number of ether oxygens (including phenoxy) is 2. The number of carbonyl (C=O) groups excluding carboxylic acids is 1. The number of rotatable bonds is 10. The maximum absolute atomic E-state index is 14.0. The van der Waals surface area contributed by atoms with Crippen LogP contribution in [0.4, 0.5) is 14.9 Å². The predicted octanol–water partition coefficient (Wildman–Crippen LogP) is 1.91. The fourth-order valence-corrected chi connectivity index (χ4v) is 2.96. The van der Waals surface area contributed by atoms with Gasteiger partial charge < -0.3 is 25.2 Å². The van der Waals surface area contributed by atoms with Gasteiger partial charge in [0.05, 0.1) is 13.2 Å². The molecule has 27 heavy (non-hydrogen) atoms. The topological polar surface area (TPSA) is 100 Å². The number of halogens is 1. The number of benzene rings is 1. The summed E-state index contributed by atoms with van der Waals surface area (Å²) in [7, 11) is 1.53. The fraction of sp³-hybridized carbons (Fsp3) is 0.556. The Morgan fingerprint density at radius 3 is 2.67 bits per heavy atom. The summed E-state index contributed by atoms with van der Waals surface area (Å²) in [6.45, 7) is 3.14. The molecule has 0 aliphatic heterocycles. The van der Waals surface area contributed by atoms with Crippen molar-refractivity contribution in [2.75, 3.05) is 38.7 Å². The summed E-state index contributed by atoms with van der Waals surface area (Å²) in [4.78, 5) is 24.8. The van der Waals surface area contributed by atoms with Crippen molar-refractivity contribution < 1.29 is 28.6 Å². The van der Waals surface area contributed by atoms with E-state index in [9.17, 15) is 14.0 Å². The number of nitrogens with zero attached hydrogens (tertiary/aromatic N) is 1. The van der Waals surface area contributed by atoms with Crippen LogP contribution in [0.5, 0.6) is 5.75 Å². The van der Waals surface area contributed by atoms with E-state index < -0.39 is 17.8 Å². The SMILES string of the molecule is CCN(CC(=O)O)C1CC(NC(=O)Nc2ccc(OCCOC)c(F)c2)C1. The van der Waals surface area contributed by atoms with Gasteiger partial charge in [0.15, 0.2) is 11.6 Å². The van der Waals surface area contributed by atoms with Crippen molar-refractivity contribution in [1.82, 2.24) is 10.2 Å². The van der Waals surface area contributed by atoms with E-state index in [2.05, 4.69) is 10.6 Å². The zero-order valence-electron chi connectivity index (χ0n) is 15.5. The molecule has 0 atom stereocenters. The lowest BCUT2D eigenvalue weighted by atomic mass is 9.85. The van der Waals surface area contributed by atoms with E-state index in [-0.39, 0.29) is 31.0 Å². The molecule has 1 fully saturated rings. The second kappa shape index (κ2) is 10.1. The molecule has 1 aromatic rings. The van der Waals surface area contributed by atoms with Crippen molar-refractivity contribution in [3.8, 4) is 5.75 Å². The molecular weight excluding hydrogens is 357 g/mol. The Kier molecular flexibility index (Phi) is 7.81. The maximum atomic E-state index is 14.0. The number of methoxy groups -OCH3 is 1. The number of aliphatic carboxylic acids is 1. The molecule has 150 valence electrons. The smallest absolute Gasteiger partial charge is 0.319 e. The Morgan fingerprint density at radius 2 is 2.07 bits per heavy atom. The van der Waals surface area contributed by atoms with E-state index in [1.807, 2.05) is 11.8 Å². The summed E-state index contributed by atoms with van der Waals surface area (Å²) in [6, 6.07) is 3.89. The molecule has 2 amide bonds. The molecule has 0 spiro atoms. The summed E-state index contributed by atoms with van der Waals surface area (Å²) < 4.78 is 24.0. The highest BCUT2D eigenvalue weighted by molar-refractivity contribution is 5.89. The average molecular weight is 383 g/mol. The second-order valence-electron chi connectivity index (χ2n) is 6.36. The van der Waals surface area contributed by atoms with E-state index in [0.29, 0.717) is 31.7 Å². The van der Waals surface area contributed by atoms with Crippen LogP contribution in [-0.2, 0) is 9.53 Å². The summed E-state index contributed by atoms with van der Waals surface area (Å²) >= 11 is 0. The number of carboxylic acid groups (broad SMARTS) is 1. The first-order chi connectivity index (χ1) is 12.9. The minimum absolute atomic E-state index is 0.00182. The zero-order chi connectivity index (χ0) is 19.8.